The van der Waals surface area contributed by atoms with Gasteiger partial charge in [-0.05, 0) is 61.4 Å². The van der Waals surface area contributed by atoms with E-state index in [4.69, 9.17) is 11.6 Å². The number of benzene rings is 2. The zero-order valence-electron chi connectivity index (χ0n) is 14.8. The Hall–Kier alpha value is -2.54. The number of piperidine rings is 1. The molecule has 1 saturated heterocycles. The highest BCUT2D eigenvalue weighted by Crippen LogP contribution is 2.30. The number of carbonyl (C=O) groups is 2. The van der Waals surface area contributed by atoms with Crippen LogP contribution < -0.4 is 5.32 Å². The van der Waals surface area contributed by atoms with E-state index in [9.17, 15) is 22.8 Å². The van der Waals surface area contributed by atoms with Crippen LogP contribution in [0.5, 0.6) is 0 Å². The number of carbonyl (C=O) groups excluding carboxylic acids is 2. The van der Waals surface area contributed by atoms with E-state index in [-0.39, 0.29) is 17.7 Å². The Bertz CT molecular complexity index is 843. The van der Waals surface area contributed by atoms with Gasteiger partial charge in [0, 0.05) is 35.3 Å². The third kappa shape index (κ3) is 4.84. The van der Waals surface area contributed by atoms with Crippen molar-refractivity contribution in [3.8, 4) is 0 Å². The largest absolute Gasteiger partial charge is 0.416 e. The molecule has 0 aromatic heterocycles. The molecule has 4 nitrogen and oxygen atoms in total. The minimum atomic E-state index is -4.41. The van der Waals surface area contributed by atoms with Crippen LogP contribution in [0, 0.1) is 5.92 Å². The molecule has 1 aliphatic heterocycles. The maximum Gasteiger partial charge on any atom is 0.416 e. The predicted molar refractivity (Wildman–Crippen MR) is 100 cm³/mol. The van der Waals surface area contributed by atoms with Crippen LogP contribution in [0.2, 0.25) is 5.02 Å². The maximum absolute atomic E-state index is 12.6. The summed E-state index contributed by atoms with van der Waals surface area (Å²) in [5, 5.41) is 3.20. The number of rotatable bonds is 3. The molecule has 3 rings (SSSR count). The van der Waals surface area contributed by atoms with Crippen LogP contribution >= 0.6 is 11.6 Å². The van der Waals surface area contributed by atoms with E-state index in [0.29, 0.717) is 42.2 Å². The van der Waals surface area contributed by atoms with Crippen LogP contribution in [0.4, 0.5) is 18.9 Å². The highest BCUT2D eigenvalue weighted by Gasteiger charge is 2.31. The molecule has 0 saturated carbocycles. The van der Waals surface area contributed by atoms with Crippen molar-refractivity contribution in [1.82, 2.24) is 4.90 Å². The van der Waals surface area contributed by atoms with Gasteiger partial charge in [-0.3, -0.25) is 9.59 Å². The Kier molecular flexibility index (Phi) is 5.93. The number of nitrogens with one attached hydrogen (secondary N) is 1. The molecule has 148 valence electrons. The molecule has 28 heavy (non-hydrogen) atoms. The number of anilines is 1. The van der Waals surface area contributed by atoms with E-state index < -0.39 is 11.7 Å². The van der Waals surface area contributed by atoms with E-state index in [0.717, 1.165) is 12.1 Å². The summed E-state index contributed by atoms with van der Waals surface area (Å²) in [5.74, 6) is -0.659. The van der Waals surface area contributed by atoms with Gasteiger partial charge in [-0.2, -0.15) is 13.2 Å². The molecule has 0 unspecified atom stereocenters. The standard InChI is InChI=1S/C20H18ClF3N2O2/c21-16-5-1-14(2-6-16)19(28)26-11-9-13(10-12-26)18(27)25-17-7-3-15(4-8-17)20(22,23)24/h1-8,13H,9-12H2,(H,25,27). The molecule has 1 heterocycles. The molecule has 1 aliphatic rings. The van der Waals surface area contributed by atoms with Gasteiger partial charge in [0.05, 0.1) is 5.56 Å². The molecule has 8 heteroatoms. The second-order valence-electron chi connectivity index (χ2n) is 6.64. The van der Waals surface area contributed by atoms with Gasteiger partial charge in [-0.25, -0.2) is 0 Å². The Morgan fingerprint density at radius 1 is 0.964 bits per heavy atom. The molecule has 0 atom stereocenters. The number of amides is 2. The molecular weight excluding hydrogens is 393 g/mol. The van der Waals surface area contributed by atoms with Crippen LogP contribution in [0.1, 0.15) is 28.8 Å². The van der Waals surface area contributed by atoms with Gasteiger partial charge >= 0.3 is 6.18 Å². The Labute approximate surface area is 165 Å². The second kappa shape index (κ2) is 8.22. The topological polar surface area (TPSA) is 49.4 Å². The molecule has 0 radical (unpaired) electrons. The Balaban J connectivity index is 1.53. The van der Waals surface area contributed by atoms with Crippen molar-refractivity contribution in [3.63, 3.8) is 0 Å². The van der Waals surface area contributed by atoms with Crippen LogP contribution in [0.3, 0.4) is 0 Å². The molecule has 0 bridgehead atoms. The normalized spacial score (nSPS) is 15.4. The van der Waals surface area contributed by atoms with E-state index in [1.165, 1.54) is 12.1 Å². The number of nitrogens with zero attached hydrogens (tertiary/aromatic N) is 1. The van der Waals surface area contributed by atoms with Gasteiger partial charge in [0.2, 0.25) is 5.91 Å². The average molecular weight is 411 g/mol. The number of hydrogen-bond donors (Lipinski definition) is 1. The van der Waals surface area contributed by atoms with Crippen LogP contribution in [-0.4, -0.2) is 29.8 Å². The first-order valence-corrected chi connectivity index (χ1v) is 9.15. The lowest BCUT2D eigenvalue weighted by Crippen LogP contribution is -2.41. The fraction of sp³-hybridized carbons (Fsp3) is 0.300. The second-order valence-corrected chi connectivity index (χ2v) is 7.07. The minimum Gasteiger partial charge on any atom is -0.339 e. The third-order valence-electron chi connectivity index (χ3n) is 4.72. The quantitative estimate of drug-likeness (QED) is 0.786. The summed E-state index contributed by atoms with van der Waals surface area (Å²) in [6.07, 6.45) is -3.43. The van der Waals surface area contributed by atoms with Gasteiger partial charge in [0.1, 0.15) is 0 Å². The highest BCUT2D eigenvalue weighted by molar-refractivity contribution is 6.30. The molecular formula is C20H18ClF3N2O2. The van der Waals surface area contributed by atoms with E-state index in [1.54, 1.807) is 29.2 Å². The summed E-state index contributed by atoms with van der Waals surface area (Å²) < 4.78 is 37.8. The average Bonchev–Trinajstić information content (AvgIpc) is 2.68. The molecule has 1 fully saturated rings. The van der Waals surface area contributed by atoms with Crippen molar-refractivity contribution in [3.05, 3.63) is 64.7 Å². The number of alkyl halides is 3. The number of hydrogen-bond acceptors (Lipinski definition) is 2. The molecule has 0 spiro atoms. The summed E-state index contributed by atoms with van der Waals surface area (Å²) in [4.78, 5) is 26.5. The van der Waals surface area contributed by atoms with Crippen molar-refractivity contribution < 1.29 is 22.8 Å². The van der Waals surface area contributed by atoms with Gasteiger partial charge in [-0.1, -0.05) is 11.6 Å². The van der Waals surface area contributed by atoms with Crippen LogP contribution in [0.25, 0.3) is 0 Å². The fourth-order valence-electron chi connectivity index (χ4n) is 3.11. The van der Waals surface area contributed by atoms with Gasteiger partial charge in [-0.15, -0.1) is 0 Å². The minimum absolute atomic E-state index is 0.113. The summed E-state index contributed by atoms with van der Waals surface area (Å²) in [7, 11) is 0. The van der Waals surface area contributed by atoms with Crippen molar-refractivity contribution >= 4 is 29.1 Å². The Morgan fingerprint density at radius 3 is 2.07 bits per heavy atom. The van der Waals surface area contributed by atoms with Gasteiger partial charge in [0.25, 0.3) is 5.91 Å². The van der Waals surface area contributed by atoms with Crippen molar-refractivity contribution in [2.45, 2.75) is 19.0 Å². The lowest BCUT2D eigenvalue weighted by atomic mass is 9.95. The van der Waals surface area contributed by atoms with E-state index in [2.05, 4.69) is 5.32 Å². The lowest BCUT2D eigenvalue weighted by molar-refractivity contribution is -0.137. The molecule has 2 aromatic rings. The first-order valence-electron chi connectivity index (χ1n) is 8.77. The molecule has 2 aromatic carbocycles. The van der Waals surface area contributed by atoms with E-state index >= 15 is 0 Å². The van der Waals surface area contributed by atoms with Crippen LogP contribution in [-0.2, 0) is 11.0 Å². The maximum atomic E-state index is 12.6. The van der Waals surface area contributed by atoms with E-state index in [1.807, 2.05) is 0 Å². The molecule has 2 amide bonds. The first kappa shape index (κ1) is 20.2. The number of halogens is 4. The third-order valence-corrected chi connectivity index (χ3v) is 4.98. The van der Waals surface area contributed by atoms with Crippen molar-refractivity contribution in [2.24, 2.45) is 5.92 Å². The monoisotopic (exact) mass is 410 g/mol. The summed E-state index contributed by atoms with van der Waals surface area (Å²) >= 11 is 5.83. The van der Waals surface area contributed by atoms with Gasteiger partial charge < -0.3 is 10.2 Å². The summed E-state index contributed by atoms with van der Waals surface area (Å²) in [6.45, 7) is 0.874. The zero-order chi connectivity index (χ0) is 20.3. The van der Waals surface area contributed by atoms with Gasteiger partial charge in [0.15, 0.2) is 0 Å². The molecule has 1 N–H and O–H groups in total. The molecule has 0 aliphatic carbocycles. The smallest absolute Gasteiger partial charge is 0.339 e. The SMILES string of the molecule is O=C(Nc1ccc(C(F)(F)F)cc1)C1CCN(C(=O)c2ccc(Cl)cc2)CC1. The Morgan fingerprint density at radius 2 is 1.54 bits per heavy atom. The zero-order valence-corrected chi connectivity index (χ0v) is 15.6. The van der Waals surface area contributed by atoms with Crippen LogP contribution in [0.15, 0.2) is 48.5 Å². The lowest BCUT2D eigenvalue weighted by Gasteiger charge is -2.31. The number of likely N-dealkylation sites (tertiary alicyclic amines) is 1. The predicted octanol–water partition coefficient (Wildman–Crippen LogP) is 4.85. The summed E-state index contributed by atoms with van der Waals surface area (Å²) in [6, 6.07) is 11.0. The van der Waals surface area contributed by atoms with Crippen molar-refractivity contribution in [2.75, 3.05) is 18.4 Å². The fourth-order valence-corrected chi connectivity index (χ4v) is 3.23. The first-order chi connectivity index (χ1) is 13.2. The summed E-state index contributed by atoms with van der Waals surface area (Å²) in [5.41, 5.74) is 0.0919. The van der Waals surface area contributed by atoms with Crippen molar-refractivity contribution in [1.29, 1.82) is 0 Å². The highest BCUT2D eigenvalue weighted by atomic mass is 35.5.